The van der Waals surface area contributed by atoms with Gasteiger partial charge in [0.25, 0.3) is 0 Å². The Morgan fingerprint density at radius 1 is 0.756 bits per heavy atom. The Hall–Kier alpha value is -3.23. The number of aliphatic hydroxyl groups excluding tert-OH is 2. The zero-order valence-corrected chi connectivity index (χ0v) is 25.0. The predicted octanol–water partition coefficient (Wildman–Crippen LogP) is 3.05. The Morgan fingerprint density at radius 2 is 1.29 bits per heavy atom. The number of hydrogen-bond acceptors (Lipinski definition) is 10. The van der Waals surface area contributed by atoms with Gasteiger partial charge in [-0.2, -0.15) is 0 Å². The number of carboxylic acid groups (broad SMARTS) is 1. The number of carboxylic acids is 1. The van der Waals surface area contributed by atoms with Crippen molar-refractivity contribution < 1.29 is 53.3 Å². The molecule has 2 heterocycles. The number of aliphatic carboxylic acids is 1. The molecule has 2 aliphatic heterocycles. The molecule has 11 heteroatoms. The molecular weight excluding hydrogens is 584 g/mol. The van der Waals surface area contributed by atoms with E-state index in [2.05, 4.69) is 0 Å². The summed E-state index contributed by atoms with van der Waals surface area (Å²) in [5, 5.41) is 31.5. The van der Waals surface area contributed by atoms with Crippen molar-refractivity contribution in [1.29, 1.82) is 0 Å². The SMILES string of the molecule is CO[C@@H]1C[C@H](O[C@H]2[C@H](OCc3ccccc3)[C@@H](OCc3ccccc3)[C@@H](O)O[C@@H]2COCc2ccccc2)O[C@@H](C(=O)O)[C@H]1O. The second-order valence-electron chi connectivity index (χ2n) is 11.0. The van der Waals surface area contributed by atoms with Gasteiger partial charge in [-0.15, -0.1) is 0 Å². The third-order valence-electron chi connectivity index (χ3n) is 7.84. The standard InChI is InChI=1S/C34H40O11/c1-39-25-17-27(45-30(28(25)35)33(36)37)44-29-26(21-40-18-22-11-5-2-6-12-22)43-34(38)32(42-20-24-15-9-4-10-16-24)31(29)41-19-23-13-7-3-8-14-23/h2-16,25-32,34-35,38H,17-21H2,1H3,(H,36,37)/t25-,26-,27-,28+,29-,30-,31+,32-,34+/m1/s1. The van der Waals surface area contributed by atoms with Crippen molar-refractivity contribution in [3.63, 3.8) is 0 Å². The van der Waals surface area contributed by atoms with E-state index in [-0.39, 0.29) is 32.8 Å². The Bertz CT molecular complexity index is 1300. The van der Waals surface area contributed by atoms with Crippen LogP contribution in [0.25, 0.3) is 0 Å². The van der Waals surface area contributed by atoms with Gasteiger partial charge in [0, 0.05) is 13.5 Å². The van der Waals surface area contributed by atoms with Gasteiger partial charge < -0.3 is 48.5 Å². The summed E-state index contributed by atoms with van der Waals surface area (Å²) in [6.45, 7) is 0.631. The van der Waals surface area contributed by atoms with E-state index < -0.39 is 61.3 Å². The molecule has 9 atom stereocenters. The van der Waals surface area contributed by atoms with Gasteiger partial charge in [-0.3, -0.25) is 0 Å². The van der Waals surface area contributed by atoms with Crippen LogP contribution in [0.4, 0.5) is 0 Å². The van der Waals surface area contributed by atoms with E-state index in [1.165, 1.54) is 7.11 Å². The first kappa shape index (κ1) is 33.1. The lowest BCUT2D eigenvalue weighted by Crippen LogP contribution is -2.63. The molecule has 0 spiro atoms. The molecule has 3 N–H and O–H groups in total. The molecule has 45 heavy (non-hydrogen) atoms. The van der Waals surface area contributed by atoms with Gasteiger partial charge in [0.05, 0.1) is 32.5 Å². The molecule has 0 bridgehead atoms. The van der Waals surface area contributed by atoms with Crippen LogP contribution in [0, 0.1) is 0 Å². The average molecular weight is 625 g/mol. The van der Waals surface area contributed by atoms with Crippen LogP contribution in [0.15, 0.2) is 91.0 Å². The minimum Gasteiger partial charge on any atom is -0.479 e. The van der Waals surface area contributed by atoms with Crippen molar-refractivity contribution in [1.82, 2.24) is 0 Å². The van der Waals surface area contributed by atoms with Crippen molar-refractivity contribution in [2.45, 2.75) is 81.5 Å². The highest BCUT2D eigenvalue weighted by Crippen LogP contribution is 2.33. The number of carbonyl (C=O) groups is 1. The van der Waals surface area contributed by atoms with E-state index in [1.54, 1.807) is 0 Å². The van der Waals surface area contributed by atoms with Crippen LogP contribution in [-0.2, 0) is 57.8 Å². The third-order valence-corrected chi connectivity index (χ3v) is 7.84. The van der Waals surface area contributed by atoms with E-state index in [0.29, 0.717) is 0 Å². The lowest BCUT2D eigenvalue weighted by Gasteiger charge is -2.46. The summed E-state index contributed by atoms with van der Waals surface area (Å²) in [6.07, 6.45) is -10.00. The fourth-order valence-corrected chi connectivity index (χ4v) is 5.49. The maximum absolute atomic E-state index is 11.9. The number of benzene rings is 3. The molecule has 0 amide bonds. The zero-order chi connectivity index (χ0) is 31.6. The van der Waals surface area contributed by atoms with Crippen molar-refractivity contribution >= 4 is 5.97 Å². The van der Waals surface area contributed by atoms with Crippen LogP contribution in [0.5, 0.6) is 0 Å². The molecule has 3 aromatic carbocycles. The van der Waals surface area contributed by atoms with Gasteiger partial charge in [0.2, 0.25) is 0 Å². The molecule has 0 aromatic heterocycles. The first-order chi connectivity index (χ1) is 21.9. The average Bonchev–Trinajstić information content (AvgIpc) is 3.06. The number of aliphatic hydroxyl groups is 2. The second-order valence-corrected chi connectivity index (χ2v) is 11.0. The Kier molecular flexibility index (Phi) is 12.1. The van der Waals surface area contributed by atoms with Crippen LogP contribution in [0.2, 0.25) is 0 Å². The summed E-state index contributed by atoms with van der Waals surface area (Å²) in [5.74, 6) is -1.35. The molecule has 0 aliphatic carbocycles. The maximum Gasteiger partial charge on any atom is 0.335 e. The topological polar surface area (TPSA) is 142 Å². The highest BCUT2D eigenvalue weighted by molar-refractivity contribution is 5.73. The van der Waals surface area contributed by atoms with E-state index in [1.807, 2.05) is 91.0 Å². The Morgan fingerprint density at radius 3 is 1.82 bits per heavy atom. The lowest BCUT2D eigenvalue weighted by molar-refractivity contribution is -0.347. The summed E-state index contributed by atoms with van der Waals surface area (Å²) >= 11 is 0. The fraction of sp³-hybridized carbons (Fsp3) is 0.441. The number of rotatable bonds is 14. The normalized spacial score (nSPS) is 30.2. The minimum absolute atomic E-state index is 0.0125. The summed E-state index contributed by atoms with van der Waals surface area (Å²) in [6, 6.07) is 28.6. The minimum atomic E-state index is -1.58. The summed E-state index contributed by atoms with van der Waals surface area (Å²) in [5.41, 5.74) is 2.72. The highest BCUT2D eigenvalue weighted by atomic mass is 16.7. The summed E-state index contributed by atoms with van der Waals surface area (Å²) in [4.78, 5) is 11.9. The quantitative estimate of drug-likeness (QED) is 0.244. The van der Waals surface area contributed by atoms with E-state index in [9.17, 15) is 20.1 Å². The lowest BCUT2D eigenvalue weighted by atomic mass is 9.97. The van der Waals surface area contributed by atoms with Crippen molar-refractivity contribution in [3.05, 3.63) is 108 Å². The molecule has 0 radical (unpaired) electrons. The number of ether oxygens (including phenoxy) is 7. The van der Waals surface area contributed by atoms with Crippen molar-refractivity contribution in [2.24, 2.45) is 0 Å². The van der Waals surface area contributed by atoms with Crippen LogP contribution < -0.4 is 0 Å². The van der Waals surface area contributed by atoms with Crippen LogP contribution in [-0.4, -0.2) is 90.3 Å². The van der Waals surface area contributed by atoms with Crippen molar-refractivity contribution in [3.8, 4) is 0 Å². The molecule has 5 rings (SSSR count). The van der Waals surface area contributed by atoms with Gasteiger partial charge in [0.1, 0.15) is 30.5 Å². The molecule has 3 aromatic rings. The predicted molar refractivity (Wildman–Crippen MR) is 160 cm³/mol. The van der Waals surface area contributed by atoms with Gasteiger partial charge in [0.15, 0.2) is 18.7 Å². The van der Waals surface area contributed by atoms with Gasteiger partial charge >= 0.3 is 5.97 Å². The molecule has 0 saturated carbocycles. The molecule has 242 valence electrons. The largest absolute Gasteiger partial charge is 0.479 e. The second kappa shape index (κ2) is 16.4. The van der Waals surface area contributed by atoms with Gasteiger partial charge in [-0.05, 0) is 16.7 Å². The molecule has 11 nitrogen and oxygen atoms in total. The van der Waals surface area contributed by atoms with E-state index in [0.717, 1.165) is 16.7 Å². The van der Waals surface area contributed by atoms with Crippen LogP contribution in [0.3, 0.4) is 0 Å². The molecule has 0 unspecified atom stereocenters. The van der Waals surface area contributed by atoms with Gasteiger partial charge in [-0.1, -0.05) is 91.0 Å². The molecule has 2 saturated heterocycles. The van der Waals surface area contributed by atoms with Crippen LogP contribution in [0.1, 0.15) is 23.1 Å². The Labute approximate surface area is 262 Å². The maximum atomic E-state index is 11.9. The van der Waals surface area contributed by atoms with E-state index in [4.69, 9.17) is 33.2 Å². The van der Waals surface area contributed by atoms with Gasteiger partial charge in [-0.25, -0.2) is 4.79 Å². The van der Waals surface area contributed by atoms with Crippen LogP contribution >= 0.6 is 0 Å². The summed E-state index contributed by atoms with van der Waals surface area (Å²) < 4.78 is 42.3. The third kappa shape index (κ3) is 8.95. The van der Waals surface area contributed by atoms with Crippen molar-refractivity contribution in [2.75, 3.05) is 13.7 Å². The molecule has 2 fully saturated rings. The zero-order valence-electron chi connectivity index (χ0n) is 25.0. The molecule has 2 aliphatic rings. The molecular formula is C34H40O11. The number of hydrogen-bond donors (Lipinski definition) is 3. The Balaban J connectivity index is 1.41. The first-order valence-corrected chi connectivity index (χ1v) is 14.9. The summed E-state index contributed by atoms with van der Waals surface area (Å²) in [7, 11) is 1.38. The highest BCUT2D eigenvalue weighted by Gasteiger charge is 2.51. The monoisotopic (exact) mass is 624 g/mol. The fourth-order valence-electron chi connectivity index (χ4n) is 5.49. The van der Waals surface area contributed by atoms with E-state index >= 15 is 0 Å². The number of methoxy groups -OCH3 is 1. The first-order valence-electron chi connectivity index (χ1n) is 14.9. The smallest absolute Gasteiger partial charge is 0.335 e.